The first-order chi connectivity index (χ1) is 11.4. The van der Waals surface area contributed by atoms with Crippen molar-refractivity contribution >= 4 is 0 Å². The lowest BCUT2D eigenvalue weighted by atomic mass is 9.49. The zero-order valence-corrected chi connectivity index (χ0v) is 14.5. The third kappa shape index (κ3) is 0.939. The van der Waals surface area contributed by atoms with E-state index in [4.69, 9.17) is 13.9 Å². The highest BCUT2D eigenvalue weighted by atomic mass is 16.7. The van der Waals surface area contributed by atoms with Crippen molar-refractivity contribution in [3.63, 3.8) is 0 Å². The van der Waals surface area contributed by atoms with Gasteiger partial charge in [-0.15, -0.1) is 0 Å². The van der Waals surface area contributed by atoms with E-state index in [1.165, 1.54) is 5.57 Å². The minimum absolute atomic E-state index is 0.0553. The van der Waals surface area contributed by atoms with Gasteiger partial charge >= 0.3 is 0 Å². The van der Waals surface area contributed by atoms with Gasteiger partial charge in [0.05, 0.1) is 41.7 Å². The second-order valence-corrected chi connectivity index (χ2v) is 8.97. The van der Waals surface area contributed by atoms with Gasteiger partial charge in [-0.1, -0.05) is 25.5 Å². The summed E-state index contributed by atoms with van der Waals surface area (Å²) in [5.74, 6) is -0.511. The topological polar surface area (TPSA) is 51.8 Å². The summed E-state index contributed by atoms with van der Waals surface area (Å²) >= 11 is 0. The zero-order valence-electron chi connectivity index (χ0n) is 14.5. The summed E-state index contributed by atoms with van der Waals surface area (Å²) in [4.78, 5) is 0. The lowest BCUT2D eigenvalue weighted by molar-refractivity contribution is -0.430. The van der Waals surface area contributed by atoms with Crippen LogP contribution in [0.15, 0.2) is 34.7 Å². The lowest BCUT2D eigenvalue weighted by Crippen LogP contribution is -2.75. The van der Waals surface area contributed by atoms with Gasteiger partial charge < -0.3 is 19.0 Å². The van der Waals surface area contributed by atoms with Crippen LogP contribution in [-0.2, 0) is 15.3 Å². The van der Waals surface area contributed by atoms with Gasteiger partial charge in [0.25, 0.3) is 0 Å². The highest BCUT2D eigenvalue weighted by Crippen LogP contribution is 2.89. The summed E-state index contributed by atoms with van der Waals surface area (Å²) in [6.07, 6.45) is 8.50. The molecular formula is C20H24O4. The average Bonchev–Trinajstić information content (AvgIpc) is 3.21. The van der Waals surface area contributed by atoms with Crippen molar-refractivity contribution < 1.29 is 19.0 Å². The van der Waals surface area contributed by atoms with Crippen LogP contribution in [0.3, 0.4) is 0 Å². The molecule has 24 heavy (non-hydrogen) atoms. The Balaban J connectivity index is 1.72. The predicted octanol–water partition coefficient (Wildman–Crippen LogP) is 3.37. The molecule has 4 heterocycles. The number of furan rings is 1. The lowest BCUT2D eigenvalue weighted by Gasteiger charge is -2.67. The fourth-order valence-corrected chi connectivity index (χ4v) is 7.98. The van der Waals surface area contributed by atoms with E-state index in [1.54, 1.807) is 12.5 Å². The first-order valence-corrected chi connectivity index (χ1v) is 9.15. The summed E-state index contributed by atoms with van der Waals surface area (Å²) in [6, 6.07) is 1.94. The Morgan fingerprint density at radius 2 is 2.17 bits per heavy atom. The third-order valence-corrected chi connectivity index (χ3v) is 8.77. The predicted molar refractivity (Wildman–Crippen MR) is 85.9 cm³/mol. The smallest absolute Gasteiger partial charge is 0.204 e. The molecule has 4 nitrogen and oxygen atoms in total. The molecule has 4 heteroatoms. The summed E-state index contributed by atoms with van der Waals surface area (Å²) in [5.41, 5.74) is 0.586. The number of aliphatic hydroxyl groups is 1. The van der Waals surface area contributed by atoms with E-state index in [2.05, 4.69) is 26.8 Å². The van der Waals surface area contributed by atoms with Crippen LogP contribution in [0.2, 0.25) is 0 Å². The number of allylic oxidation sites excluding steroid dienone is 1. The summed E-state index contributed by atoms with van der Waals surface area (Å²) < 4.78 is 18.8. The van der Waals surface area contributed by atoms with Crippen molar-refractivity contribution in [2.24, 2.45) is 22.7 Å². The fraction of sp³-hybridized carbons (Fsp3) is 0.700. The molecule has 5 fully saturated rings. The molecule has 1 N–H and O–H groups in total. The Labute approximate surface area is 141 Å². The molecule has 3 saturated heterocycles. The van der Waals surface area contributed by atoms with Gasteiger partial charge in [0, 0.05) is 11.0 Å². The molecule has 6 aliphatic rings. The molecule has 6 bridgehead atoms. The maximum atomic E-state index is 12.1. The van der Waals surface area contributed by atoms with Crippen LogP contribution in [0.5, 0.6) is 0 Å². The van der Waals surface area contributed by atoms with E-state index in [-0.39, 0.29) is 16.9 Å². The fourth-order valence-electron chi connectivity index (χ4n) is 7.98. The van der Waals surface area contributed by atoms with Gasteiger partial charge in [-0.05, 0) is 38.2 Å². The largest absolute Gasteiger partial charge is 0.472 e. The first-order valence-electron chi connectivity index (χ1n) is 9.15. The molecule has 2 spiro atoms. The van der Waals surface area contributed by atoms with Crippen LogP contribution in [0, 0.1) is 22.7 Å². The van der Waals surface area contributed by atoms with E-state index in [0.29, 0.717) is 12.5 Å². The van der Waals surface area contributed by atoms with Gasteiger partial charge in [0.2, 0.25) is 5.79 Å². The molecule has 7 atom stereocenters. The second-order valence-electron chi connectivity index (χ2n) is 8.97. The summed E-state index contributed by atoms with van der Waals surface area (Å²) in [6.45, 7) is 7.33. The van der Waals surface area contributed by atoms with Crippen LogP contribution < -0.4 is 0 Å². The number of hydrogen-bond acceptors (Lipinski definition) is 4. The Bertz CT molecular complexity index is 784. The molecule has 0 radical (unpaired) electrons. The molecule has 1 aromatic heterocycles. The molecule has 0 unspecified atom stereocenters. The van der Waals surface area contributed by atoms with Crippen LogP contribution in [0.1, 0.15) is 45.6 Å². The van der Waals surface area contributed by atoms with E-state index in [9.17, 15) is 5.11 Å². The van der Waals surface area contributed by atoms with Crippen molar-refractivity contribution in [1.82, 2.24) is 0 Å². The molecule has 3 aliphatic carbocycles. The van der Waals surface area contributed by atoms with Crippen molar-refractivity contribution in [2.45, 2.75) is 57.0 Å². The molecule has 2 saturated carbocycles. The molecule has 0 amide bonds. The molecule has 0 aromatic carbocycles. The number of rotatable bonds is 1. The Morgan fingerprint density at radius 1 is 1.33 bits per heavy atom. The third-order valence-electron chi connectivity index (χ3n) is 8.77. The van der Waals surface area contributed by atoms with Gasteiger partial charge in [0.1, 0.15) is 0 Å². The maximum Gasteiger partial charge on any atom is 0.204 e. The molecule has 3 aliphatic heterocycles. The monoisotopic (exact) mass is 328 g/mol. The van der Waals surface area contributed by atoms with Crippen LogP contribution in [0.4, 0.5) is 0 Å². The normalized spacial score (nSPS) is 59.8. The van der Waals surface area contributed by atoms with Crippen molar-refractivity contribution in [3.8, 4) is 0 Å². The Kier molecular flexibility index (Phi) is 2.09. The highest BCUT2D eigenvalue weighted by Gasteiger charge is 2.97. The van der Waals surface area contributed by atoms with E-state index in [1.807, 2.05) is 6.07 Å². The molecule has 1 aromatic rings. The van der Waals surface area contributed by atoms with Gasteiger partial charge in [-0.2, -0.15) is 0 Å². The van der Waals surface area contributed by atoms with Gasteiger partial charge in [0.15, 0.2) is 0 Å². The SMILES string of the molecule is CC1=CCC[C@]23O[C@]4(c5ccoc5)OC[C@]12[C@]1(O)C[C@H](C)[C@]3(C)[C@H]41. The van der Waals surface area contributed by atoms with E-state index < -0.39 is 16.8 Å². The quantitative estimate of drug-likeness (QED) is 0.803. The summed E-state index contributed by atoms with van der Waals surface area (Å²) in [5, 5.41) is 12.1. The standard InChI is InChI=1S/C20H24O4/c1-12-5-4-7-19-16(3)13(2)9-18(21)15(16)20(24-19,14-6-8-22-10-14)23-11-17(12,18)19/h5-6,8,10,13,15,21H,4,7,9,11H2,1-3H3/t13-,15-,16+,17+,18-,19+,20-/m0/s1. The number of hydrogen-bond donors (Lipinski definition) is 1. The van der Waals surface area contributed by atoms with Crippen molar-refractivity contribution in [1.29, 1.82) is 0 Å². The van der Waals surface area contributed by atoms with Crippen LogP contribution >= 0.6 is 0 Å². The molecule has 128 valence electrons. The van der Waals surface area contributed by atoms with Gasteiger partial charge in [-0.25, -0.2) is 0 Å². The number of ether oxygens (including phenoxy) is 2. The van der Waals surface area contributed by atoms with E-state index in [0.717, 1.165) is 24.8 Å². The average molecular weight is 328 g/mol. The summed E-state index contributed by atoms with van der Waals surface area (Å²) in [7, 11) is 0. The second kappa shape index (κ2) is 3.55. The Hall–Kier alpha value is -1.10. The molecular weight excluding hydrogens is 304 g/mol. The van der Waals surface area contributed by atoms with Crippen LogP contribution in [0.25, 0.3) is 0 Å². The highest BCUT2D eigenvalue weighted by molar-refractivity contribution is 5.50. The molecule has 7 rings (SSSR count). The minimum Gasteiger partial charge on any atom is -0.472 e. The van der Waals surface area contributed by atoms with Crippen molar-refractivity contribution in [2.75, 3.05) is 6.61 Å². The maximum absolute atomic E-state index is 12.1. The Morgan fingerprint density at radius 3 is 2.92 bits per heavy atom. The van der Waals surface area contributed by atoms with Crippen LogP contribution in [-0.4, -0.2) is 22.9 Å². The minimum atomic E-state index is -0.860. The first kappa shape index (κ1) is 14.1. The van der Waals surface area contributed by atoms with Gasteiger partial charge in [-0.3, -0.25) is 0 Å². The van der Waals surface area contributed by atoms with E-state index >= 15 is 0 Å². The zero-order chi connectivity index (χ0) is 16.6. The number of fused-ring (bicyclic) bond motifs is 1. The van der Waals surface area contributed by atoms with Crippen molar-refractivity contribution in [3.05, 3.63) is 35.8 Å².